The van der Waals surface area contributed by atoms with Gasteiger partial charge < -0.3 is 5.32 Å². The topological polar surface area (TPSA) is 29.1 Å². The number of carbonyl (C=O) groups excluding carboxylic acids is 1. The summed E-state index contributed by atoms with van der Waals surface area (Å²) in [6, 6.07) is 6.76. The third kappa shape index (κ3) is 4.50. The lowest BCUT2D eigenvalue weighted by molar-refractivity contribution is -0.119. The van der Waals surface area contributed by atoms with Crippen LogP contribution in [0.2, 0.25) is 0 Å². The van der Waals surface area contributed by atoms with Crippen LogP contribution in [-0.2, 0) is 4.79 Å². The van der Waals surface area contributed by atoms with Gasteiger partial charge in [-0.2, -0.15) is 0 Å². The van der Waals surface area contributed by atoms with Gasteiger partial charge in [-0.1, -0.05) is 44.4 Å². The van der Waals surface area contributed by atoms with Crippen LogP contribution >= 0.6 is 11.8 Å². The number of benzene rings is 1. The summed E-state index contributed by atoms with van der Waals surface area (Å²) in [5, 5.41) is 3.24. The highest BCUT2D eigenvalue weighted by atomic mass is 32.2. The first-order valence-corrected chi connectivity index (χ1v) is 8.95. The first kappa shape index (κ1) is 16.4. The van der Waals surface area contributed by atoms with Gasteiger partial charge in [0.25, 0.3) is 0 Å². The molecule has 2 nitrogen and oxygen atoms in total. The quantitative estimate of drug-likeness (QED) is 0.839. The predicted molar refractivity (Wildman–Crippen MR) is 90.7 cm³/mol. The van der Waals surface area contributed by atoms with E-state index in [1.54, 1.807) is 11.8 Å². The van der Waals surface area contributed by atoms with E-state index in [1.807, 2.05) is 0 Å². The van der Waals surface area contributed by atoms with Gasteiger partial charge in [0.15, 0.2) is 0 Å². The molecule has 3 heteroatoms. The molecule has 0 bridgehead atoms. The van der Waals surface area contributed by atoms with E-state index < -0.39 is 0 Å². The standard InChI is InChI=1S/C18H27NOS/c1-12-8-9-17(14(3)10-12)21-11-18(20)19-16-7-5-6-13(2)15(16)4/h8-10,13,15-16H,5-7,11H2,1-4H3,(H,19,20)/t13-,15+,16-/m0/s1. The van der Waals surface area contributed by atoms with Crippen molar-refractivity contribution in [2.24, 2.45) is 11.8 Å². The summed E-state index contributed by atoms with van der Waals surface area (Å²) in [5.74, 6) is 2.00. The van der Waals surface area contributed by atoms with Gasteiger partial charge in [-0.25, -0.2) is 0 Å². The first-order chi connectivity index (χ1) is 9.97. The van der Waals surface area contributed by atoms with Crippen molar-refractivity contribution in [3.8, 4) is 0 Å². The van der Waals surface area contributed by atoms with E-state index >= 15 is 0 Å². The Morgan fingerprint density at radius 2 is 2.05 bits per heavy atom. The monoisotopic (exact) mass is 305 g/mol. The Morgan fingerprint density at radius 1 is 1.29 bits per heavy atom. The molecule has 1 aliphatic rings. The van der Waals surface area contributed by atoms with Gasteiger partial charge in [-0.3, -0.25) is 4.79 Å². The molecule has 0 saturated heterocycles. The van der Waals surface area contributed by atoms with Crippen LogP contribution < -0.4 is 5.32 Å². The smallest absolute Gasteiger partial charge is 0.230 e. The maximum absolute atomic E-state index is 12.2. The fraction of sp³-hybridized carbons (Fsp3) is 0.611. The van der Waals surface area contributed by atoms with Gasteiger partial charge in [-0.05, 0) is 43.7 Å². The number of hydrogen-bond donors (Lipinski definition) is 1. The second-order valence-electron chi connectivity index (χ2n) is 6.50. The Bertz CT molecular complexity index is 500. The molecule has 116 valence electrons. The van der Waals surface area contributed by atoms with Gasteiger partial charge in [0.2, 0.25) is 5.91 Å². The van der Waals surface area contributed by atoms with Crippen molar-refractivity contribution in [2.75, 3.05) is 5.75 Å². The molecule has 1 aromatic rings. The van der Waals surface area contributed by atoms with Crippen LogP contribution in [0.25, 0.3) is 0 Å². The Hall–Kier alpha value is -0.960. The van der Waals surface area contributed by atoms with E-state index in [2.05, 4.69) is 51.2 Å². The van der Waals surface area contributed by atoms with Gasteiger partial charge in [0.05, 0.1) is 5.75 Å². The minimum Gasteiger partial charge on any atom is -0.352 e. The minimum absolute atomic E-state index is 0.172. The fourth-order valence-corrected chi connectivity index (χ4v) is 3.96. The highest BCUT2D eigenvalue weighted by molar-refractivity contribution is 8.00. The Kier molecular flexibility index (Phi) is 5.74. The maximum Gasteiger partial charge on any atom is 0.230 e. The SMILES string of the molecule is Cc1ccc(SCC(=O)N[C@H]2CCC[C@H](C)[C@H]2C)c(C)c1. The number of thioether (sulfide) groups is 1. The molecule has 1 N–H and O–H groups in total. The number of aryl methyl sites for hydroxylation is 2. The summed E-state index contributed by atoms with van der Waals surface area (Å²) in [6.45, 7) is 8.78. The number of rotatable bonds is 4. The van der Waals surface area contributed by atoms with Crippen LogP contribution in [0.15, 0.2) is 23.1 Å². The van der Waals surface area contributed by atoms with Crippen molar-refractivity contribution in [2.45, 2.75) is 57.9 Å². The molecular weight excluding hydrogens is 278 g/mol. The average molecular weight is 305 g/mol. The molecule has 21 heavy (non-hydrogen) atoms. The molecule has 3 atom stereocenters. The van der Waals surface area contributed by atoms with Crippen molar-refractivity contribution in [3.05, 3.63) is 29.3 Å². The van der Waals surface area contributed by atoms with Crippen LogP contribution in [0.1, 0.15) is 44.2 Å². The lowest BCUT2D eigenvalue weighted by Crippen LogP contribution is -2.44. The zero-order valence-corrected chi connectivity index (χ0v) is 14.4. The molecule has 0 aliphatic heterocycles. The molecule has 1 aliphatic carbocycles. The van der Waals surface area contributed by atoms with E-state index in [9.17, 15) is 4.79 Å². The zero-order chi connectivity index (χ0) is 15.4. The van der Waals surface area contributed by atoms with Crippen molar-refractivity contribution < 1.29 is 4.79 Å². The predicted octanol–water partition coefficient (Wildman–Crippen LogP) is 4.34. The van der Waals surface area contributed by atoms with Gasteiger partial charge in [0, 0.05) is 10.9 Å². The van der Waals surface area contributed by atoms with Crippen LogP contribution in [0.4, 0.5) is 0 Å². The molecule has 0 aromatic heterocycles. The Morgan fingerprint density at radius 3 is 2.76 bits per heavy atom. The molecule has 2 rings (SSSR count). The van der Waals surface area contributed by atoms with Crippen LogP contribution in [0.5, 0.6) is 0 Å². The van der Waals surface area contributed by atoms with E-state index in [4.69, 9.17) is 0 Å². The normalized spacial score (nSPS) is 25.6. The molecule has 0 heterocycles. The molecule has 1 aromatic carbocycles. The molecule has 0 spiro atoms. The van der Waals surface area contributed by atoms with E-state index in [0.717, 1.165) is 12.3 Å². The van der Waals surface area contributed by atoms with Crippen molar-refractivity contribution in [1.29, 1.82) is 0 Å². The number of nitrogens with one attached hydrogen (secondary N) is 1. The molecule has 0 unspecified atom stereocenters. The number of amides is 1. The van der Waals surface area contributed by atoms with E-state index in [1.165, 1.54) is 28.9 Å². The largest absolute Gasteiger partial charge is 0.352 e. The molecule has 1 saturated carbocycles. The first-order valence-electron chi connectivity index (χ1n) is 7.97. The summed E-state index contributed by atoms with van der Waals surface area (Å²) in [7, 11) is 0. The van der Waals surface area contributed by atoms with E-state index in [0.29, 0.717) is 17.7 Å². The van der Waals surface area contributed by atoms with Crippen molar-refractivity contribution >= 4 is 17.7 Å². The van der Waals surface area contributed by atoms with Gasteiger partial charge in [-0.15, -0.1) is 11.8 Å². The zero-order valence-electron chi connectivity index (χ0n) is 13.6. The van der Waals surface area contributed by atoms with Gasteiger partial charge in [0.1, 0.15) is 0 Å². The van der Waals surface area contributed by atoms with Crippen molar-refractivity contribution in [3.63, 3.8) is 0 Å². The minimum atomic E-state index is 0.172. The average Bonchev–Trinajstić information content (AvgIpc) is 2.43. The number of carbonyl (C=O) groups is 1. The fourth-order valence-electron chi connectivity index (χ4n) is 3.14. The summed E-state index contributed by atoms with van der Waals surface area (Å²) >= 11 is 1.64. The second-order valence-corrected chi connectivity index (χ2v) is 7.52. The van der Waals surface area contributed by atoms with E-state index in [-0.39, 0.29) is 5.91 Å². The number of hydrogen-bond acceptors (Lipinski definition) is 2. The Labute approximate surface area is 133 Å². The highest BCUT2D eigenvalue weighted by Crippen LogP contribution is 2.29. The third-order valence-electron chi connectivity index (χ3n) is 4.74. The summed E-state index contributed by atoms with van der Waals surface area (Å²) < 4.78 is 0. The summed E-state index contributed by atoms with van der Waals surface area (Å²) in [5.41, 5.74) is 2.53. The molecule has 1 amide bonds. The summed E-state index contributed by atoms with van der Waals surface area (Å²) in [4.78, 5) is 13.4. The maximum atomic E-state index is 12.2. The third-order valence-corrected chi connectivity index (χ3v) is 5.92. The van der Waals surface area contributed by atoms with Crippen molar-refractivity contribution in [1.82, 2.24) is 5.32 Å². The van der Waals surface area contributed by atoms with Crippen LogP contribution in [0.3, 0.4) is 0 Å². The summed E-state index contributed by atoms with van der Waals surface area (Å²) in [6.07, 6.45) is 3.66. The highest BCUT2D eigenvalue weighted by Gasteiger charge is 2.27. The van der Waals surface area contributed by atoms with Crippen LogP contribution in [0, 0.1) is 25.7 Å². The molecule has 0 radical (unpaired) electrons. The Balaban J connectivity index is 1.84. The molecular formula is C18H27NOS. The molecule has 1 fully saturated rings. The lowest BCUT2D eigenvalue weighted by atomic mass is 9.78. The lowest BCUT2D eigenvalue weighted by Gasteiger charge is -2.34. The second kappa shape index (κ2) is 7.35. The van der Waals surface area contributed by atoms with Gasteiger partial charge >= 0.3 is 0 Å². The van der Waals surface area contributed by atoms with Crippen LogP contribution in [-0.4, -0.2) is 17.7 Å².